The lowest BCUT2D eigenvalue weighted by Crippen LogP contribution is -2.35. The molecule has 2 unspecified atom stereocenters. The molecule has 0 saturated heterocycles. The molecule has 0 bridgehead atoms. The third-order valence-electron chi connectivity index (χ3n) is 6.74. The Balaban J connectivity index is 1.65. The number of rotatable bonds is 5. The molecule has 3 aromatic rings. The van der Waals surface area contributed by atoms with Crippen LogP contribution in [0, 0.1) is 11.3 Å². The molecule has 0 fully saturated rings. The largest absolute Gasteiger partial charge is 0.324 e. The summed E-state index contributed by atoms with van der Waals surface area (Å²) in [4.78, 5) is 28.4. The summed E-state index contributed by atoms with van der Waals surface area (Å²) in [5, 5.41) is 12.1. The van der Waals surface area contributed by atoms with Gasteiger partial charge in [0.1, 0.15) is 6.04 Å². The average Bonchev–Trinajstić information content (AvgIpc) is 3.14. The van der Waals surface area contributed by atoms with Gasteiger partial charge in [-0.05, 0) is 66.7 Å². The minimum absolute atomic E-state index is 0.204. The number of thiophene rings is 1. The molecule has 0 spiro atoms. The van der Waals surface area contributed by atoms with E-state index in [9.17, 15) is 9.59 Å². The maximum absolute atomic E-state index is 13.5. The van der Waals surface area contributed by atoms with Crippen molar-refractivity contribution in [3.63, 3.8) is 0 Å². The number of nitrogens with zero attached hydrogens (tertiary/aromatic N) is 3. The molecule has 1 amide bonds. The molecule has 7 heteroatoms. The second-order valence-corrected chi connectivity index (χ2v) is 10.9. The Labute approximate surface area is 193 Å². The highest BCUT2D eigenvalue weighted by Gasteiger charge is 2.32. The molecule has 1 aromatic carbocycles. The van der Waals surface area contributed by atoms with Crippen molar-refractivity contribution in [3.05, 3.63) is 50.6 Å². The molecule has 0 radical (unpaired) electrons. The Morgan fingerprint density at radius 2 is 1.97 bits per heavy atom. The van der Waals surface area contributed by atoms with E-state index in [0.29, 0.717) is 28.2 Å². The standard InChI is InChI=1S/C25H32N4O2S/c1-6-15-8-11-17(12-9-15)26-22(30)19(7-2)29-24(31)21-18-13-10-16(25(3,4)5)14-20(18)32-23(21)27-28-29/h8-9,11-12,16,19H,6-7,10,13-14H2,1-5H3,(H,26,30). The molecule has 1 N–H and O–H groups in total. The van der Waals surface area contributed by atoms with Gasteiger partial charge in [0.15, 0.2) is 4.83 Å². The van der Waals surface area contributed by atoms with E-state index in [1.54, 1.807) is 11.3 Å². The van der Waals surface area contributed by atoms with Crippen molar-refractivity contribution < 1.29 is 4.79 Å². The first kappa shape index (κ1) is 22.6. The van der Waals surface area contributed by atoms with Crippen LogP contribution in [-0.4, -0.2) is 20.9 Å². The van der Waals surface area contributed by atoms with Gasteiger partial charge in [0.2, 0.25) is 5.91 Å². The fourth-order valence-corrected chi connectivity index (χ4v) is 5.80. The monoisotopic (exact) mass is 452 g/mol. The Kier molecular flexibility index (Phi) is 6.21. The second-order valence-electron chi connectivity index (χ2n) is 9.79. The molecule has 1 aliphatic rings. The zero-order chi connectivity index (χ0) is 23.0. The number of amides is 1. The predicted octanol–water partition coefficient (Wildman–Crippen LogP) is 5.16. The van der Waals surface area contributed by atoms with E-state index in [1.165, 1.54) is 15.1 Å². The highest BCUT2D eigenvalue weighted by molar-refractivity contribution is 7.18. The molecule has 1 aliphatic carbocycles. The van der Waals surface area contributed by atoms with E-state index < -0.39 is 6.04 Å². The van der Waals surface area contributed by atoms with E-state index in [-0.39, 0.29) is 16.9 Å². The number of hydrogen-bond acceptors (Lipinski definition) is 5. The maximum atomic E-state index is 13.5. The lowest BCUT2D eigenvalue weighted by Gasteiger charge is -2.33. The van der Waals surface area contributed by atoms with Gasteiger partial charge in [-0.1, -0.05) is 52.0 Å². The first-order valence-corrected chi connectivity index (χ1v) is 12.3. The fourth-order valence-electron chi connectivity index (χ4n) is 4.57. The summed E-state index contributed by atoms with van der Waals surface area (Å²) in [6, 6.07) is 7.07. The van der Waals surface area contributed by atoms with E-state index in [2.05, 4.69) is 43.3 Å². The molecule has 0 aliphatic heterocycles. The second kappa shape index (κ2) is 8.77. The van der Waals surface area contributed by atoms with Crippen molar-refractivity contribution in [3.8, 4) is 0 Å². The topological polar surface area (TPSA) is 76.9 Å². The smallest absolute Gasteiger partial charge is 0.279 e. The SMILES string of the molecule is CCc1ccc(NC(=O)C(CC)n2nnc3sc4c(c3c2=O)CCC(C(C)(C)C)C4)cc1. The van der Waals surface area contributed by atoms with Gasteiger partial charge in [0.25, 0.3) is 5.56 Å². The summed E-state index contributed by atoms with van der Waals surface area (Å²) in [5.74, 6) is 0.343. The number of anilines is 1. The van der Waals surface area contributed by atoms with Crippen LogP contribution in [0.2, 0.25) is 0 Å². The van der Waals surface area contributed by atoms with E-state index in [1.807, 2.05) is 31.2 Å². The number of benzene rings is 1. The molecule has 4 rings (SSSR count). The Morgan fingerprint density at radius 1 is 1.25 bits per heavy atom. The number of aromatic nitrogens is 3. The van der Waals surface area contributed by atoms with Crippen LogP contribution in [0.15, 0.2) is 29.1 Å². The zero-order valence-corrected chi connectivity index (χ0v) is 20.4. The summed E-state index contributed by atoms with van der Waals surface area (Å²) >= 11 is 1.59. The molecule has 0 saturated carbocycles. The van der Waals surface area contributed by atoms with Crippen molar-refractivity contribution >= 4 is 33.1 Å². The Bertz CT molecular complexity index is 1190. The van der Waals surface area contributed by atoms with Crippen LogP contribution in [0.5, 0.6) is 0 Å². The third kappa shape index (κ3) is 4.22. The van der Waals surface area contributed by atoms with Gasteiger partial charge >= 0.3 is 0 Å². The normalized spacial score (nSPS) is 17.2. The average molecular weight is 453 g/mol. The van der Waals surface area contributed by atoms with Crippen LogP contribution in [-0.2, 0) is 24.1 Å². The van der Waals surface area contributed by atoms with Gasteiger partial charge in [0.05, 0.1) is 5.39 Å². The van der Waals surface area contributed by atoms with Crippen molar-refractivity contribution in [2.45, 2.75) is 72.8 Å². The molecule has 6 nitrogen and oxygen atoms in total. The third-order valence-corrected chi connectivity index (χ3v) is 7.88. The van der Waals surface area contributed by atoms with Crippen LogP contribution < -0.4 is 10.9 Å². The summed E-state index contributed by atoms with van der Waals surface area (Å²) in [6.07, 6.45) is 4.32. The number of nitrogens with one attached hydrogen (secondary N) is 1. The minimum atomic E-state index is -0.702. The first-order chi connectivity index (χ1) is 15.2. The maximum Gasteiger partial charge on any atom is 0.279 e. The van der Waals surface area contributed by atoms with Gasteiger partial charge < -0.3 is 5.32 Å². The summed E-state index contributed by atoms with van der Waals surface area (Å²) in [6.45, 7) is 10.8. The highest BCUT2D eigenvalue weighted by Crippen LogP contribution is 2.41. The fraction of sp³-hybridized carbons (Fsp3) is 0.520. The Morgan fingerprint density at radius 3 is 2.59 bits per heavy atom. The van der Waals surface area contributed by atoms with E-state index in [4.69, 9.17) is 0 Å². The van der Waals surface area contributed by atoms with Gasteiger partial charge in [-0.3, -0.25) is 9.59 Å². The van der Waals surface area contributed by atoms with Gasteiger partial charge in [0, 0.05) is 10.6 Å². The molecule has 170 valence electrons. The number of carbonyl (C=O) groups is 1. The minimum Gasteiger partial charge on any atom is -0.324 e. The molecule has 2 aromatic heterocycles. The van der Waals surface area contributed by atoms with Gasteiger partial charge in [-0.15, -0.1) is 16.4 Å². The number of fused-ring (bicyclic) bond motifs is 3. The van der Waals surface area contributed by atoms with Gasteiger partial charge in [-0.2, -0.15) is 4.68 Å². The number of hydrogen-bond donors (Lipinski definition) is 1. The Hall–Kier alpha value is -2.54. The lowest BCUT2D eigenvalue weighted by molar-refractivity contribution is -0.119. The number of carbonyl (C=O) groups excluding carboxylic acids is 1. The van der Waals surface area contributed by atoms with E-state index >= 15 is 0 Å². The van der Waals surface area contributed by atoms with Crippen LogP contribution in [0.1, 0.15) is 69.5 Å². The van der Waals surface area contributed by atoms with Crippen molar-refractivity contribution in [2.24, 2.45) is 11.3 Å². The lowest BCUT2D eigenvalue weighted by atomic mass is 9.72. The first-order valence-electron chi connectivity index (χ1n) is 11.5. The molecule has 2 heterocycles. The highest BCUT2D eigenvalue weighted by atomic mass is 32.1. The number of aryl methyl sites for hydroxylation is 2. The van der Waals surface area contributed by atoms with Crippen LogP contribution in [0.25, 0.3) is 10.2 Å². The molecular weight excluding hydrogens is 420 g/mol. The summed E-state index contributed by atoms with van der Waals surface area (Å²) < 4.78 is 1.28. The summed E-state index contributed by atoms with van der Waals surface area (Å²) in [7, 11) is 0. The van der Waals surface area contributed by atoms with E-state index in [0.717, 1.165) is 31.2 Å². The summed E-state index contributed by atoms with van der Waals surface area (Å²) in [5.41, 5.74) is 3.07. The van der Waals surface area contributed by atoms with Crippen molar-refractivity contribution in [2.75, 3.05) is 5.32 Å². The molecule has 2 atom stereocenters. The van der Waals surface area contributed by atoms with Crippen molar-refractivity contribution in [1.82, 2.24) is 15.0 Å². The van der Waals surface area contributed by atoms with Crippen LogP contribution in [0.4, 0.5) is 5.69 Å². The molecular formula is C25H32N4O2S. The van der Waals surface area contributed by atoms with Crippen LogP contribution in [0.3, 0.4) is 0 Å². The predicted molar refractivity (Wildman–Crippen MR) is 130 cm³/mol. The zero-order valence-electron chi connectivity index (χ0n) is 19.6. The van der Waals surface area contributed by atoms with Crippen molar-refractivity contribution in [1.29, 1.82) is 0 Å². The molecule has 32 heavy (non-hydrogen) atoms. The van der Waals surface area contributed by atoms with Gasteiger partial charge in [-0.25, -0.2) is 0 Å². The quantitative estimate of drug-likeness (QED) is 0.580. The van der Waals surface area contributed by atoms with Crippen LogP contribution >= 0.6 is 11.3 Å².